The van der Waals surface area contributed by atoms with E-state index < -0.39 is 10.0 Å². The molecule has 19 heavy (non-hydrogen) atoms. The maximum Gasteiger partial charge on any atom is 0.244 e. The lowest BCUT2D eigenvalue weighted by Crippen LogP contribution is -2.28. The number of halogens is 1. The van der Waals surface area contributed by atoms with Gasteiger partial charge in [0.25, 0.3) is 0 Å². The molecule has 0 aliphatic heterocycles. The van der Waals surface area contributed by atoms with E-state index in [0.29, 0.717) is 16.8 Å². The number of sulfonamides is 1. The van der Waals surface area contributed by atoms with Crippen molar-refractivity contribution >= 4 is 31.8 Å². The van der Waals surface area contributed by atoms with Crippen molar-refractivity contribution in [2.24, 2.45) is 5.41 Å². The van der Waals surface area contributed by atoms with E-state index in [1.807, 2.05) is 0 Å². The first-order chi connectivity index (χ1) is 8.65. The third-order valence-electron chi connectivity index (χ3n) is 2.51. The Hall–Kier alpha value is -0.660. The van der Waals surface area contributed by atoms with Crippen LogP contribution in [0.4, 0.5) is 5.82 Å². The van der Waals surface area contributed by atoms with Crippen molar-refractivity contribution < 1.29 is 8.42 Å². The van der Waals surface area contributed by atoms with Crippen molar-refractivity contribution in [2.45, 2.75) is 32.1 Å². The van der Waals surface area contributed by atoms with Gasteiger partial charge in [0.2, 0.25) is 10.0 Å². The predicted molar refractivity (Wildman–Crippen MR) is 80.7 cm³/mol. The van der Waals surface area contributed by atoms with Gasteiger partial charge in [-0.2, -0.15) is 0 Å². The zero-order chi connectivity index (χ0) is 14.7. The van der Waals surface area contributed by atoms with Crippen LogP contribution in [0.5, 0.6) is 0 Å². The van der Waals surface area contributed by atoms with E-state index in [2.05, 4.69) is 51.7 Å². The summed E-state index contributed by atoms with van der Waals surface area (Å²) in [5.41, 5.74) is 0.0872. The molecule has 1 heterocycles. The first kappa shape index (κ1) is 16.4. The monoisotopic (exact) mass is 349 g/mol. The van der Waals surface area contributed by atoms with Gasteiger partial charge in [0.15, 0.2) is 0 Å². The van der Waals surface area contributed by atoms with Gasteiger partial charge in [0.05, 0.1) is 0 Å². The summed E-state index contributed by atoms with van der Waals surface area (Å²) in [6, 6.07) is 1.54. The van der Waals surface area contributed by atoms with Crippen LogP contribution in [0.3, 0.4) is 0 Å². The molecular formula is C12H20BrN3O2S. The lowest BCUT2D eigenvalue weighted by Gasteiger charge is -2.18. The van der Waals surface area contributed by atoms with Crippen LogP contribution in [0.25, 0.3) is 0 Å². The molecule has 0 amide bonds. The van der Waals surface area contributed by atoms with Crippen molar-refractivity contribution in [2.75, 3.05) is 18.9 Å². The standard InChI is InChI=1S/C12H20BrN3O2S/c1-12(2,3)5-6-16-19(17,18)10-7-9(13)8-15-11(10)14-4/h7-8,16H,5-6H2,1-4H3,(H,14,15). The molecule has 7 heteroatoms. The molecule has 0 spiro atoms. The first-order valence-corrected chi connectivity index (χ1v) is 8.26. The molecular weight excluding hydrogens is 330 g/mol. The van der Waals surface area contributed by atoms with Gasteiger partial charge in [0.1, 0.15) is 10.7 Å². The van der Waals surface area contributed by atoms with Gasteiger partial charge in [-0.3, -0.25) is 0 Å². The van der Waals surface area contributed by atoms with E-state index in [9.17, 15) is 8.42 Å². The van der Waals surface area contributed by atoms with Gasteiger partial charge in [-0.1, -0.05) is 20.8 Å². The molecule has 0 saturated carbocycles. The maximum atomic E-state index is 12.2. The lowest BCUT2D eigenvalue weighted by atomic mass is 9.93. The van der Waals surface area contributed by atoms with Crippen LogP contribution < -0.4 is 10.0 Å². The van der Waals surface area contributed by atoms with Crippen LogP contribution in [0.1, 0.15) is 27.2 Å². The Labute approximate surface area is 123 Å². The number of nitrogens with one attached hydrogen (secondary N) is 2. The number of rotatable bonds is 5. The molecule has 5 nitrogen and oxygen atoms in total. The Morgan fingerprint density at radius 2 is 2.00 bits per heavy atom. The first-order valence-electron chi connectivity index (χ1n) is 5.99. The molecule has 108 valence electrons. The van der Waals surface area contributed by atoms with E-state index in [0.717, 1.165) is 6.42 Å². The molecule has 0 fully saturated rings. The largest absolute Gasteiger partial charge is 0.372 e. The number of anilines is 1. The van der Waals surface area contributed by atoms with Crippen LogP contribution in [-0.4, -0.2) is 27.0 Å². The second-order valence-corrected chi connectivity index (χ2v) is 8.11. The number of pyridine rings is 1. The third-order valence-corrected chi connectivity index (χ3v) is 4.42. The molecule has 0 aliphatic carbocycles. The fourth-order valence-electron chi connectivity index (χ4n) is 1.45. The van der Waals surface area contributed by atoms with Crippen molar-refractivity contribution in [3.63, 3.8) is 0 Å². The number of aromatic nitrogens is 1. The zero-order valence-electron chi connectivity index (χ0n) is 11.6. The summed E-state index contributed by atoms with van der Waals surface area (Å²) in [6.07, 6.45) is 2.32. The van der Waals surface area contributed by atoms with Crippen LogP contribution in [0, 0.1) is 5.41 Å². The van der Waals surface area contributed by atoms with Crippen molar-refractivity contribution in [1.82, 2.24) is 9.71 Å². The molecule has 0 radical (unpaired) electrons. The normalized spacial score (nSPS) is 12.5. The highest BCUT2D eigenvalue weighted by molar-refractivity contribution is 9.10. The molecule has 0 unspecified atom stereocenters. The Morgan fingerprint density at radius 1 is 1.37 bits per heavy atom. The summed E-state index contributed by atoms with van der Waals surface area (Å²) in [7, 11) is -1.91. The molecule has 1 aromatic heterocycles. The molecule has 0 aliphatic rings. The Bertz CT molecular complexity index is 538. The molecule has 1 aromatic rings. The van der Waals surface area contributed by atoms with E-state index in [1.165, 1.54) is 6.07 Å². The number of nitrogens with zero attached hydrogens (tertiary/aromatic N) is 1. The Kier molecular flexibility index (Phi) is 5.34. The second kappa shape index (κ2) is 6.19. The van der Waals surface area contributed by atoms with Crippen LogP contribution >= 0.6 is 15.9 Å². The van der Waals surface area contributed by atoms with Crippen LogP contribution in [0.2, 0.25) is 0 Å². The molecule has 0 bridgehead atoms. The summed E-state index contributed by atoms with van der Waals surface area (Å²) in [5, 5.41) is 2.78. The van der Waals surface area contributed by atoms with E-state index in [-0.39, 0.29) is 10.3 Å². The van der Waals surface area contributed by atoms with Gasteiger partial charge in [0, 0.05) is 24.3 Å². The van der Waals surface area contributed by atoms with Crippen LogP contribution in [-0.2, 0) is 10.0 Å². The van der Waals surface area contributed by atoms with Gasteiger partial charge in [-0.15, -0.1) is 0 Å². The summed E-state index contributed by atoms with van der Waals surface area (Å²) >= 11 is 3.24. The average molecular weight is 350 g/mol. The summed E-state index contributed by atoms with van der Waals surface area (Å²) in [6.45, 7) is 6.62. The van der Waals surface area contributed by atoms with Gasteiger partial charge >= 0.3 is 0 Å². The Balaban J connectivity index is 2.91. The number of hydrogen-bond acceptors (Lipinski definition) is 4. The van der Waals surface area contributed by atoms with Crippen LogP contribution in [0.15, 0.2) is 21.6 Å². The van der Waals surface area contributed by atoms with Crippen molar-refractivity contribution in [3.8, 4) is 0 Å². The molecule has 0 saturated heterocycles. The molecule has 0 atom stereocenters. The van der Waals surface area contributed by atoms with Crippen molar-refractivity contribution in [3.05, 3.63) is 16.7 Å². The smallest absolute Gasteiger partial charge is 0.244 e. The summed E-state index contributed by atoms with van der Waals surface area (Å²) < 4.78 is 27.7. The highest BCUT2D eigenvalue weighted by Crippen LogP contribution is 2.23. The summed E-state index contributed by atoms with van der Waals surface area (Å²) in [5.74, 6) is 0.339. The summed E-state index contributed by atoms with van der Waals surface area (Å²) in [4.78, 5) is 4.19. The van der Waals surface area contributed by atoms with Gasteiger partial charge < -0.3 is 5.32 Å². The fourth-order valence-corrected chi connectivity index (χ4v) is 3.15. The quantitative estimate of drug-likeness (QED) is 0.856. The third kappa shape index (κ3) is 5.08. The van der Waals surface area contributed by atoms with E-state index >= 15 is 0 Å². The van der Waals surface area contributed by atoms with Gasteiger partial charge in [-0.05, 0) is 33.8 Å². The minimum Gasteiger partial charge on any atom is -0.372 e. The molecule has 2 N–H and O–H groups in total. The van der Waals surface area contributed by atoms with E-state index in [4.69, 9.17) is 0 Å². The minimum atomic E-state index is -3.55. The van der Waals surface area contributed by atoms with Gasteiger partial charge in [-0.25, -0.2) is 18.1 Å². The second-order valence-electron chi connectivity index (χ2n) is 5.46. The Morgan fingerprint density at radius 3 is 2.53 bits per heavy atom. The zero-order valence-corrected chi connectivity index (χ0v) is 14.0. The topological polar surface area (TPSA) is 71.1 Å². The molecule has 1 rings (SSSR count). The highest BCUT2D eigenvalue weighted by atomic mass is 79.9. The van der Waals surface area contributed by atoms with E-state index in [1.54, 1.807) is 13.2 Å². The van der Waals surface area contributed by atoms with Crippen molar-refractivity contribution in [1.29, 1.82) is 0 Å². The maximum absolute atomic E-state index is 12.2. The highest BCUT2D eigenvalue weighted by Gasteiger charge is 2.20. The lowest BCUT2D eigenvalue weighted by molar-refractivity contribution is 0.378. The number of hydrogen-bond donors (Lipinski definition) is 2. The molecule has 0 aromatic carbocycles. The fraction of sp³-hybridized carbons (Fsp3) is 0.583. The minimum absolute atomic E-state index is 0.0872. The average Bonchev–Trinajstić information content (AvgIpc) is 2.27. The predicted octanol–water partition coefficient (Wildman–Crippen LogP) is 2.60. The SMILES string of the molecule is CNc1ncc(Br)cc1S(=O)(=O)NCCC(C)(C)C.